The van der Waals surface area contributed by atoms with E-state index in [0.717, 1.165) is 34.0 Å². The van der Waals surface area contributed by atoms with Crippen LogP contribution in [0.3, 0.4) is 0 Å². The minimum atomic E-state index is -4.64. The first-order valence-electron chi connectivity index (χ1n) is 16.0. The highest BCUT2D eigenvalue weighted by Gasteiger charge is 2.32. The number of hydrogen-bond donors (Lipinski definition) is 0. The summed E-state index contributed by atoms with van der Waals surface area (Å²) in [6, 6.07) is 31.7. The van der Waals surface area contributed by atoms with E-state index in [1.54, 1.807) is 67.1 Å². The van der Waals surface area contributed by atoms with E-state index in [9.17, 15) is 13.2 Å². The quantitative estimate of drug-likeness (QED) is 0.147. The van der Waals surface area contributed by atoms with E-state index in [4.69, 9.17) is 18.9 Å². The van der Waals surface area contributed by atoms with Crippen molar-refractivity contribution in [3.05, 3.63) is 151 Å². The maximum atomic E-state index is 13.9. The van der Waals surface area contributed by atoms with Crippen LogP contribution in [0.2, 0.25) is 0 Å². The van der Waals surface area contributed by atoms with Crippen molar-refractivity contribution in [2.45, 2.75) is 13.1 Å². The molecular formula is C40H26F3N5O4. The average Bonchev–Trinajstić information content (AvgIpc) is 3.45. The lowest BCUT2D eigenvalue weighted by Crippen LogP contribution is -2.05. The number of ether oxygens (including phenoxy) is 4. The van der Waals surface area contributed by atoms with Gasteiger partial charge in [-0.15, -0.1) is 0 Å². The molecule has 12 heteroatoms. The van der Waals surface area contributed by atoms with Gasteiger partial charge >= 0.3 is 6.18 Å². The van der Waals surface area contributed by atoms with E-state index in [2.05, 4.69) is 19.9 Å². The van der Waals surface area contributed by atoms with Gasteiger partial charge in [-0.1, -0.05) is 12.1 Å². The summed E-state index contributed by atoms with van der Waals surface area (Å²) in [5.74, 6) is 2.80. The van der Waals surface area contributed by atoms with E-state index < -0.39 is 11.7 Å². The summed E-state index contributed by atoms with van der Waals surface area (Å²) >= 11 is 0. The molecule has 4 aromatic heterocycles. The van der Waals surface area contributed by atoms with Gasteiger partial charge in [-0.05, 0) is 79.2 Å². The van der Waals surface area contributed by atoms with Crippen molar-refractivity contribution in [2.75, 3.05) is 0 Å². The van der Waals surface area contributed by atoms with Crippen LogP contribution < -0.4 is 18.9 Å². The molecule has 8 rings (SSSR count). The molecule has 0 atom stereocenters. The molecule has 0 N–H and O–H groups in total. The SMILES string of the molecule is Cc1cc(Oc2ccc3c4ccc(Oc5cc(Oc6ccccn6)cc(C(F)(F)F)c5)cc4n(-c4ncccn4)c3c2)cc(Oc2ccccn2)c1. The maximum absolute atomic E-state index is 13.9. The van der Waals surface area contributed by atoms with Crippen LogP contribution in [0.25, 0.3) is 27.8 Å². The molecule has 4 heterocycles. The van der Waals surface area contributed by atoms with Crippen LogP contribution in [0.4, 0.5) is 13.2 Å². The summed E-state index contributed by atoms with van der Waals surface area (Å²) in [6.07, 6.45) is 1.75. The van der Waals surface area contributed by atoms with E-state index in [-0.39, 0.29) is 23.1 Å². The summed E-state index contributed by atoms with van der Waals surface area (Å²) in [4.78, 5) is 17.3. The summed E-state index contributed by atoms with van der Waals surface area (Å²) in [5, 5.41) is 1.71. The summed E-state index contributed by atoms with van der Waals surface area (Å²) in [5.41, 5.74) is 1.40. The molecule has 0 aliphatic heterocycles. The van der Waals surface area contributed by atoms with Crippen LogP contribution in [0.1, 0.15) is 11.1 Å². The largest absolute Gasteiger partial charge is 0.457 e. The van der Waals surface area contributed by atoms with Gasteiger partial charge in [-0.25, -0.2) is 19.9 Å². The van der Waals surface area contributed by atoms with Crippen LogP contribution in [-0.2, 0) is 6.18 Å². The Labute approximate surface area is 294 Å². The van der Waals surface area contributed by atoms with Crippen molar-refractivity contribution in [1.29, 1.82) is 0 Å². The van der Waals surface area contributed by atoms with Gasteiger partial charge < -0.3 is 18.9 Å². The van der Waals surface area contributed by atoms with E-state index in [1.165, 1.54) is 12.3 Å². The molecular weight excluding hydrogens is 671 g/mol. The highest BCUT2D eigenvalue weighted by atomic mass is 19.4. The average molecular weight is 698 g/mol. The van der Waals surface area contributed by atoms with Crippen LogP contribution in [-0.4, -0.2) is 24.5 Å². The Morgan fingerprint density at radius 1 is 0.481 bits per heavy atom. The molecule has 0 bridgehead atoms. The lowest BCUT2D eigenvalue weighted by atomic mass is 10.1. The van der Waals surface area contributed by atoms with Gasteiger partial charge in [0.25, 0.3) is 0 Å². The highest BCUT2D eigenvalue weighted by Crippen LogP contribution is 2.40. The zero-order chi connectivity index (χ0) is 35.7. The number of hydrogen-bond acceptors (Lipinski definition) is 8. The minimum Gasteiger partial charge on any atom is -0.457 e. The van der Waals surface area contributed by atoms with Crippen LogP contribution >= 0.6 is 0 Å². The summed E-state index contributed by atoms with van der Waals surface area (Å²) < 4.78 is 67.6. The number of rotatable bonds is 9. The Morgan fingerprint density at radius 3 is 1.46 bits per heavy atom. The normalized spacial score (nSPS) is 11.5. The molecule has 0 fully saturated rings. The lowest BCUT2D eigenvalue weighted by molar-refractivity contribution is -0.137. The number of fused-ring (bicyclic) bond motifs is 3. The molecule has 0 saturated carbocycles. The smallest absolute Gasteiger partial charge is 0.416 e. The van der Waals surface area contributed by atoms with Crippen molar-refractivity contribution in [3.8, 4) is 52.2 Å². The molecule has 8 aromatic rings. The predicted molar refractivity (Wildman–Crippen MR) is 188 cm³/mol. The Hall–Kier alpha value is -6.95. The number of benzene rings is 4. The Kier molecular flexibility index (Phi) is 8.32. The zero-order valence-corrected chi connectivity index (χ0v) is 27.3. The van der Waals surface area contributed by atoms with Gasteiger partial charge in [0.15, 0.2) is 0 Å². The fourth-order valence-corrected chi connectivity index (χ4v) is 5.74. The molecule has 256 valence electrons. The van der Waals surface area contributed by atoms with Gasteiger partial charge in [0, 0.05) is 72.0 Å². The van der Waals surface area contributed by atoms with E-state index >= 15 is 0 Å². The van der Waals surface area contributed by atoms with Gasteiger partial charge in [-0.2, -0.15) is 13.2 Å². The molecule has 0 aliphatic rings. The molecule has 0 spiro atoms. The minimum absolute atomic E-state index is 0.0704. The first-order valence-corrected chi connectivity index (χ1v) is 16.0. The van der Waals surface area contributed by atoms with Gasteiger partial charge in [0.2, 0.25) is 17.7 Å². The molecule has 0 amide bonds. The zero-order valence-electron chi connectivity index (χ0n) is 27.3. The first kappa shape index (κ1) is 32.3. The Morgan fingerprint density at radius 2 is 0.962 bits per heavy atom. The fraction of sp³-hybridized carbons (Fsp3) is 0.0500. The maximum Gasteiger partial charge on any atom is 0.416 e. The predicted octanol–water partition coefficient (Wildman–Crippen LogP) is 10.9. The monoisotopic (exact) mass is 697 g/mol. The van der Waals surface area contributed by atoms with E-state index in [1.807, 2.05) is 60.0 Å². The number of alkyl halides is 3. The fourth-order valence-electron chi connectivity index (χ4n) is 5.74. The van der Waals surface area contributed by atoms with E-state index in [0.29, 0.717) is 34.6 Å². The molecule has 0 radical (unpaired) electrons. The first-order chi connectivity index (χ1) is 25.2. The number of pyridine rings is 2. The standard InChI is InChI=1S/C40H26F3N5O4/c1-25-17-29(21-30(18-25)51-37-7-2-4-13-44-37)49-27-9-11-33-34-12-10-28(24-36(34)48(35(33)23-27)39-46-15-6-16-47-39)50-31-19-26(40(41,42)43)20-32(22-31)52-38-8-3-5-14-45-38/h2-24H,1H3. The number of aromatic nitrogens is 5. The molecule has 0 unspecified atom stereocenters. The number of halogens is 3. The van der Waals surface area contributed by atoms with Crippen LogP contribution in [0, 0.1) is 6.92 Å². The van der Waals surface area contributed by atoms with Crippen molar-refractivity contribution >= 4 is 21.8 Å². The second-order valence-corrected chi connectivity index (χ2v) is 11.7. The Bertz CT molecular complexity index is 2530. The number of nitrogens with zero attached hydrogens (tertiary/aromatic N) is 5. The van der Waals surface area contributed by atoms with Crippen molar-refractivity contribution < 1.29 is 32.1 Å². The molecule has 0 saturated heterocycles. The van der Waals surface area contributed by atoms with Crippen molar-refractivity contribution in [1.82, 2.24) is 24.5 Å². The van der Waals surface area contributed by atoms with Crippen LogP contribution in [0.15, 0.2) is 140 Å². The van der Waals surface area contributed by atoms with Gasteiger partial charge in [0.05, 0.1) is 16.6 Å². The third-order valence-electron chi connectivity index (χ3n) is 7.89. The third-order valence-corrected chi connectivity index (χ3v) is 7.89. The molecule has 9 nitrogen and oxygen atoms in total. The third kappa shape index (κ3) is 6.90. The second kappa shape index (κ2) is 13.4. The van der Waals surface area contributed by atoms with Crippen molar-refractivity contribution in [2.24, 2.45) is 0 Å². The lowest BCUT2D eigenvalue weighted by Gasteiger charge is -2.14. The highest BCUT2D eigenvalue weighted by molar-refractivity contribution is 6.09. The summed E-state index contributed by atoms with van der Waals surface area (Å²) in [6.45, 7) is 1.94. The second-order valence-electron chi connectivity index (χ2n) is 11.7. The molecule has 52 heavy (non-hydrogen) atoms. The topological polar surface area (TPSA) is 93.4 Å². The Balaban J connectivity index is 1.17. The summed E-state index contributed by atoms with van der Waals surface area (Å²) in [7, 11) is 0. The van der Waals surface area contributed by atoms with Gasteiger partial charge in [0.1, 0.15) is 34.5 Å². The van der Waals surface area contributed by atoms with Crippen molar-refractivity contribution in [3.63, 3.8) is 0 Å². The molecule has 4 aromatic carbocycles. The van der Waals surface area contributed by atoms with Crippen LogP contribution in [0.5, 0.6) is 46.3 Å². The number of aryl methyl sites for hydroxylation is 1. The van der Waals surface area contributed by atoms with Gasteiger partial charge in [-0.3, -0.25) is 4.57 Å². The molecule has 0 aliphatic carbocycles.